The van der Waals surface area contributed by atoms with Crippen LogP contribution >= 0.6 is 0 Å². The number of carbonyl (C=O) groups is 1. The standard InChI is InChI=1S/C9H12N4O/c10-8-7(2-1-3-12-8)13-4-6(5-13)9(11)14/h1-3,6H,4-5H2,(H2,10,12)(H2,11,14). The number of aromatic nitrogens is 1. The monoisotopic (exact) mass is 192 g/mol. The summed E-state index contributed by atoms with van der Waals surface area (Å²) in [6, 6.07) is 3.71. The molecule has 1 aliphatic rings. The largest absolute Gasteiger partial charge is 0.382 e. The molecule has 0 aromatic carbocycles. The summed E-state index contributed by atoms with van der Waals surface area (Å²) in [5.74, 6) is 0.203. The van der Waals surface area contributed by atoms with Gasteiger partial charge < -0.3 is 16.4 Å². The van der Waals surface area contributed by atoms with Crippen molar-refractivity contribution in [3.63, 3.8) is 0 Å². The molecule has 1 aromatic rings. The van der Waals surface area contributed by atoms with E-state index in [4.69, 9.17) is 11.5 Å². The number of pyridine rings is 1. The molecule has 1 saturated heterocycles. The smallest absolute Gasteiger partial charge is 0.224 e. The van der Waals surface area contributed by atoms with Crippen molar-refractivity contribution in [3.8, 4) is 0 Å². The maximum atomic E-state index is 10.8. The lowest BCUT2D eigenvalue weighted by Crippen LogP contribution is -2.52. The van der Waals surface area contributed by atoms with Crippen molar-refractivity contribution in [2.75, 3.05) is 23.7 Å². The number of nitrogens with two attached hydrogens (primary N) is 2. The highest BCUT2D eigenvalue weighted by Gasteiger charge is 2.32. The normalized spacial score (nSPS) is 16.4. The third-order valence-corrected chi connectivity index (χ3v) is 2.44. The molecule has 0 aliphatic carbocycles. The Morgan fingerprint density at radius 1 is 1.57 bits per heavy atom. The lowest BCUT2D eigenvalue weighted by Gasteiger charge is -2.39. The molecule has 1 amide bonds. The molecule has 0 radical (unpaired) electrons. The molecule has 4 N–H and O–H groups in total. The molecule has 14 heavy (non-hydrogen) atoms. The van der Waals surface area contributed by atoms with E-state index in [-0.39, 0.29) is 11.8 Å². The molecule has 1 aliphatic heterocycles. The number of hydrogen-bond acceptors (Lipinski definition) is 4. The number of rotatable bonds is 2. The van der Waals surface area contributed by atoms with Crippen molar-refractivity contribution < 1.29 is 4.79 Å². The lowest BCUT2D eigenvalue weighted by atomic mass is 9.99. The molecule has 5 heteroatoms. The van der Waals surface area contributed by atoms with E-state index in [1.54, 1.807) is 6.20 Å². The van der Waals surface area contributed by atoms with E-state index in [9.17, 15) is 4.79 Å². The summed E-state index contributed by atoms with van der Waals surface area (Å²) in [5, 5.41) is 0. The minimum Gasteiger partial charge on any atom is -0.382 e. The van der Waals surface area contributed by atoms with Gasteiger partial charge in [0.2, 0.25) is 5.91 Å². The van der Waals surface area contributed by atoms with Crippen molar-refractivity contribution in [2.24, 2.45) is 11.7 Å². The average molecular weight is 192 g/mol. The zero-order valence-corrected chi connectivity index (χ0v) is 7.68. The summed E-state index contributed by atoms with van der Waals surface area (Å²) in [6.07, 6.45) is 1.64. The third kappa shape index (κ3) is 1.37. The first kappa shape index (κ1) is 8.80. The van der Waals surface area contributed by atoms with Crippen molar-refractivity contribution in [3.05, 3.63) is 18.3 Å². The van der Waals surface area contributed by atoms with Crippen LogP contribution in [0.25, 0.3) is 0 Å². The second-order valence-electron chi connectivity index (χ2n) is 3.41. The van der Waals surface area contributed by atoms with Gasteiger partial charge >= 0.3 is 0 Å². The van der Waals surface area contributed by atoms with Crippen LogP contribution in [0.2, 0.25) is 0 Å². The Morgan fingerprint density at radius 3 is 2.86 bits per heavy atom. The number of hydrogen-bond donors (Lipinski definition) is 2. The molecule has 74 valence electrons. The van der Waals surface area contributed by atoms with Gasteiger partial charge in [0.1, 0.15) is 5.82 Å². The second kappa shape index (κ2) is 3.17. The Morgan fingerprint density at radius 2 is 2.29 bits per heavy atom. The predicted molar refractivity (Wildman–Crippen MR) is 53.5 cm³/mol. The molecule has 5 nitrogen and oxygen atoms in total. The molecule has 2 rings (SSSR count). The fraction of sp³-hybridized carbons (Fsp3) is 0.333. The molecule has 1 aromatic heterocycles. The Hall–Kier alpha value is -1.78. The lowest BCUT2D eigenvalue weighted by molar-refractivity contribution is -0.122. The fourth-order valence-corrected chi connectivity index (χ4v) is 1.53. The second-order valence-corrected chi connectivity index (χ2v) is 3.41. The summed E-state index contributed by atoms with van der Waals surface area (Å²) in [7, 11) is 0. The van der Waals surface area contributed by atoms with E-state index >= 15 is 0 Å². The van der Waals surface area contributed by atoms with Crippen LogP contribution < -0.4 is 16.4 Å². The van der Waals surface area contributed by atoms with Crippen LogP contribution in [0.15, 0.2) is 18.3 Å². The van der Waals surface area contributed by atoms with E-state index < -0.39 is 0 Å². The van der Waals surface area contributed by atoms with Crippen LogP contribution in [0.4, 0.5) is 11.5 Å². The number of amides is 1. The summed E-state index contributed by atoms with van der Waals surface area (Å²) >= 11 is 0. The van der Waals surface area contributed by atoms with Crippen molar-refractivity contribution in [1.82, 2.24) is 4.98 Å². The molecule has 0 saturated carbocycles. The summed E-state index contributed by atoms with van der Waals surface area (Å²) in [4.78, 5) is 16.8. The minimum absolute atomic E-state index is 0.0467. The first-order valence-corrected chi connectivity index (χ1v) is 4.43. The number of primary amides is 1. The van der Waals surface area contributed by atoms with Crippen molar-refractivity contribution in [1.29, 1.82) is 0 Å². The Bertz CT molecular complexity index is 360. The van der Waals surface area contributed by atoms with E-state index in [0.717, 1.165) is 5.69 Å². The van der Waals surface area contributed by atoms with Crippen LogP contribution in [0, 0.1) is 5.92 Å². The van der Waals surface area contributed by atoms with Crippen molar-refractivity contribution >= 4 is 17.4 Å². The summed E-state index contributed by atoms with van der Waals surface area (Å²) < 4.78 is 0. The van der Waals surface area contributed by atoms with Gasteiger partial charge in [-0.25, -0.2) is 4.98 Å². The van der Waals surface area contributed by atoms with E-state index in [1.165, 1.54) is 0 Å². The molecule has 1 fully saturated rings. The SMILES string of the molecule is NC(=O)C1CN(c2cccnc2N)C1. The van der Waals surface area contributed by atoms with Gasteiger partial charge in [0.15, 0.2) is 0 Å². The van der Waals surface area contributed by atoms with Gasteiger partial charge in [-0.2, -0.15) is 0 Å². The minimum atomic E-state index is -0.247. The van der Waals surface area contributed by atoms with Gasteiger partial charge in [-0.15, -0.1) is 0 Å². The fourth-order valence-electron chi connectivity index (χ4n) is 1.53. The number of nitrogens with zero attached hydrogens (tertiary/aromatic N) is 2. The van der Waals surface area contributed by atoms with Gasteiger partial charge in [0, 0.05) is 19.3 Å². The maximum absolute atomic E-state index is 10.8. The summed E-state index contributed by atoms with van der Waals surface area (Å²) in [5.41, 5.74) is 11.7. The molecular formula is C9H12N4O. The highest BCUT2D eigenvalue weighted by Crippen LogP contribution is 2.27. The van der Waals surface area contributed by atoms with E-state index in [0.29, 0.717) is 18.9 Å². The van der Waals surface area contributed by atoms with Crippen LogP contribution in [-0.2, 0) is 4.79 Å². The Balaban J connectivity index is 2.07. The van der Waals surface area contributed by atoms with Gasteiger partial charge in [0.05, 0.1) is 11.6 Å². The third-order valence-electron chi connectivity index (χ3n) is 2.44. The highest BCUT2D eigenvalue weighted by molar-refractivity contribution is 5.81. The van der Waals surface area contributed by atoms with Gasteiger partial charge in [-0.05, 0) is 12.1 Å². The van der Waals surface area contributed by atoms with Gasteiger partial charge in [0.25, 0.3) is 0 Å². The van der Waals surface area contributed by atoms with Crippen LogP contribution in [0.1, 0.15) is 0 Å². The molecule has 0 unspecified atom stereocenters. The number of nitrogen functional groups attached to an aromatic ring is 1. The number of anilines is 2. The Kier molecular flexibility index (Phi) is 1.99. The topological polar surface area (TPSA) is 85.2 Å². The predicted octanol–water partition coefficient (Wildman–Crippen LogP) is -0.415. The van der Waals surface area contributed by atoms with Crippen LogP contribution in [0.3, 0.4) is 0 Å². The van der Waals surface area contributed by atoms with Gasteiger partial charge in [-0.1, -0.05) is 0 Å². The Labute approximate surface area is 81.7 Å². The zero-order valence-electron chi connectivity index (χ0n) is 7.68. The molecule has 0 atom stereocenters. The van der Waals surface area contributed by atoms with E-state index in [1.807, 2.05) is 17.0 Å². The van der Waals surface area contributed by atoms with Crippen LogP contribution in [0.5, 0.6) is 0 Å². The average Bonchev–Trinajstić information content (AvgIpc) is 2.05. The highest BCUT2D eigenvalue weighted by atomic mass is 16.1. The van der Waals surface area contributed by atoms with E-state index in [2.05, 4.69) is 4.98 Å². The summed E-state index contributed by atoms with van der Waals surface area (Å²) in [6.45, 7) is 1.29. The molecule has 0 bridgehead atoms. The number of carbonyl (C=O) groups excluding carboxylic acids is 1. The molecule has 0 spiro atoms. The molecular weight excluding hydrogens is 180 g/mol. The molecule has 2 heterocycles. The quantitative estimate of drug-likeness (QED) is 0.666. The first-order valence-electron chi connectivity index (χ1n) is 4.43. The maximum Gasteiger partial charge on any atom is 0.224 e. The van der Waals surface area contributed by atoms with Crippen LogP contribution in [-0.4, -0.2) is 24.0 Å². The first-order chi connectivity index (χ1) is 6.68. The van der Waals surface area contributed by atoms with Crippen molar-refractivity contribution in [2.45, 2.75) is 0 Å². The van der Waals surface area contributed by atoms with Gasteiger partial charge in [-0.3, -0.25) is 4.79 Å². The zero-order chi connectivity index (χ0) is 10.1.